The number of hydrogen-bond acceptors (Lipinski definition) is 2. The summed E-state index contributed by atoms with van der Waals surface area (Å²) in [6.45, 7) is 6.89. The zero-order chi connectivity index (χ0) is 13.7. The van der Waals surface area contributed by atoms with Crippen molar-refractivity contribution >= 4 is 22.6 Å². The first-order valence-corrected chi connectivity index (χ1v) is 8.42. The predicted octanol–water partition coefficient (Wildman–Crippen LogP) is 3.71. The highest BCUT2D eigenvalue weighted by atomic mass is 127. The highest BCUT2D eigenvalue weighted by Gasteiger charge is 2.37. The largest absolute Gasteiger partial charge is 0.304 e. The summed E-state index contributed by atoms with van der Waals surface area (Å²) in [5, 5.41) is 0. The number of likely N-dealkylation sites (N-methyl/N-ethyl adjacent to an activating group) is 1. The number of likely N-dealkylation sites (tertiary alicyclic amines) is 1. The summed E-state index contributed by atoms with van der Waals surface area (Å²) in [5.74, 6) is 0. The number of halogens is 1. The molecule has 0 aromatic heterocycles. The Morgan fingerprint density at radius 2 is 1.79 bits per heavy atom. The predicted molar refractivity (Wildman–Crippen MR) is 90.7 cm³/mol. The molecule has 106 valence electrons. The Kier molecular flexibility index (Phi) is 5.66. The molecule has 0 bridgehead atoms. The van der Waals surface area contributed by atoms with E-state index in [9.17, 15) is 0 Å². The Morgan fingerprint density at radius 1 is 1.16 bits per heavy atom. The molecule has 19 heavy (non-hydrogen) atoms. The number of hydrogen-bond donors (Lipinski definition) is 0. The Hall–Kier alpha value is -0.130. The van der Waals surface area contributed by atoms with Crippen molar-refractivity contribution in [3.63, 3.8) is 0 Å². The van der Waals surface area contributed by atoms with Crippen LogP contribution in [0.1, 0.15) is 31.7 Å². The van der Waals surface area contributed by atoms with Gasteiger partial charge in [-0.05, 0) is 45.1 Å². The van der Waals surface area contributed by atoms with Gasteiger partial charge in [-0.1, -0.05) is 66.3 Å². The molecule has 2 nitrogen and oxygen atoms in total. The second-order valence-corrected chi connectivity index (χ2v) is 7.29. The third kappa shape index (κ3) is 3.70. The highest BCUT2D eigenvalue weighted by molar-refractivity contribution is 14.1. The molecule has 0 N–H and O–H groups in total. The Morgan fingerprint density at radius 3 is 2.37 bits per heavy atom. The minimum atomic E-state index is 0.115. The summed E-state index contributed by atoms with van der Waals surface area (Å²) in [5.41, 5.74) is 1.44. The molecular weight excluding hydrogens is 347 g/mol. The third-order valence-corrected chi connectivity index (χ3v) is 5.74. The molecule has 1 aliphatic heterocycles. The van der Waals surface area contributed by atoms with E-state index in [4.69, 9.17) is 0 Å². The fourth-order valence-electron chi connectivity index (χ4n) is 2.79. The lowest BCUT2D eigenvalue weighted by Crippen LogP contribution is -2.50. The van der Waals surface area contributed by atoms with E-state index in [0.29, 0.717) is 0 Å². The zero-order valence-corrected chi connectivity index (χ0v) is 14.3. The van der Waals surface area contributed by atoms with Crippen LogP contribution >= 0.6 is 22.6 Å². The molecule has 0 saturated carbocycles. The minimum Gasteiger partial charge on any atom is -0.304 e. The molecule has 0 amide bonds. The van der Waals surface area contributed by atoms with Gasteiger partial charge < -0.3 is 4.90 Å². The van der Waals surface area contributed by atoms with Crippen LogP contribution in [0.5, 0.6) is 0 Å². The first-order valence-electron chi connectivity index (χ1n) is 7.35. The van der Waals surface area contributed by atoms with Crippen LogP contribution in [0.15, 0.2) is 30.3 Å². The van der Waals surface area contributed by atoms with Crippen LogP contribution in [0.25, 0.3) is 0 Å². The van der Waals surface area contributed by atoms with E-state index in [1.54, 1.807) is 0 Å². The quantitative estimate of drug-likeness (QED) is 0.442. The molecule has 1 unspecified atom stereocenters. The van der Waals surface area contributed by atoms with Gasteiger partial charge in [0.2, 0.25) is 0 Å². The van der Waals surface area contributed by atoms with Crippen LogP contribution < -0.4 is 0 Å². The average Bonchev–Trinajstić information content (AvgIpc) is 2.48. The maximum atomic E-state index is 2.68. The Bertz CT molecular complexity index is 376. The van der Waals surface area contributed by atoms with Crippen molar-refractivity contribution in [3.8, 4) is 0 Å². The van der Waals surface area contributed by atoms with E-state index in [-0.39, 0.29) is 3.55 Å². The topological polar surface area (TPSA) is 6.48 Å². The van der Waals surface area contributed by atoms with Crippen LogP contribution in [0.2, 0.25) is 0 Å². The van der Waals surface area contributed by atoms with Crippen LogP contribution in [-0.4, -0.2) is 43.0 Å². The maximum Gasteiger partial charge on any atom is 0.111 e. The second kappa shape index (κ2) is 7.04. The van der Waals surface area contributed by atoms with Gasteiger partial charge in [-0.2, -0.15) is 0 Å². The number of benzene rings is 1. The summed E-state index contributed by atoms with van der Waals surface area (Å²) in [7, 11) is 2.22. The number of nitrogens with zero attached hydrogens (tertiary/aromatic N) is 2. The fourth-order valence-corrected chi connectivity index (χ4v) is 4.21. The fraction of sp³-hybridized carbons (Fsp3) is 0.625. The van der Waals surface area contributed by atoms with Crippen molar-refractivity contribution in [1.29, 1.82) is 0 Å². The van der Waals surface area contributed by atoms with Gasteiger partial charge in [0, 0.05) is 6.54 Å². The molecule has 1 fully saturated rings. The third-order valence-electron chi connectivity index (χ3n) is 4.09. The maximum absolute atomic E-state index is 2.68. The van der Waals surface area contributed by atoms with E-state index in [1.807, 2.05) is 0 Å². The van der Waals surface area contributed by atoms with Gasteiger partial charge in [-0.25, -0.2) is 0 Å². The summed E-state index contributed by atoms with van der Waals surface area (Å²) >= 11 is 2.68. The van der Waals surface area contributed by atoms with E-state index < -0.39 is 0 Å². The summed E-state index contributed by atoms with van der Waals surface area (Å²) in [6.07, 6.45) is 4.07. The van der Waals surface area contributed by atoms with Gasteiger partial charge >= 0.3 is 0 Å². The normalized spacial score (nSPS) is 20.4. The van der Waals surface area contributed by atoms with Crippen molar-refractivity contribution < 1.29 is 0 Å². The van der Waals surface area contributed by atoms with Crippen LogP contribution in [0.4, 0.5) is 0 Å². The molecule has 0 radical (unpaired) electrons. The molecule has 3 heteroatoms. The smallest absolute Gasteiger partial charge is 0.111 e. The van der Waals surface area contributed by atoms with Crippen LogP contribution in [0.3, 0.4) is 0 Å². The van der Waals surface area contributed by atoms with Crippen molar-refractivity contribution in [2.45, 2.75) is 29.7 Å². The van der Waals surface area contributed by atoms with Crippen molar-refractivity contribution in [3.05, 3.63) is 35.9 Å². The lowest BCUT2D eigenvalue weighted by atomic mass is 10.0. The molecule has 0 spiro atoms. The average molecular weight is 372 g/mol. The second-order valence-electron chi connectivity index (χ2n) is 5.50. The molecule has 1 aromatic carbocycles. The first kappa shape index (κ1) is 15.3. The molecule has 1 aliphatic rings. The Balaban J connectivity index is 2.26. The number of rotatable bonds is 5. The standard InChI is InChI=1S/C16H25IN2/c1-3-18(2)14-16(17,15-10-6-4-7-11-15)19-12-8-5-9-13-19/h4,6-7,10-11H,3,5,8-9,12-14H2,1-2H3. The van der Waals surface area contributed by atoms with Gasteiger partial charge in [0.05, 0.1) is 0 Å². The van der Waals surface area contributed by atoms with Crippen LogP contribution in [0, 0.1) is 0 Å². The zero-order valence-electron chi connectivity index (χ0n) is 12.1. The molecule has 1 heterocycles. The minimum absolute atomic E-state index is 0.115. The number of alkyl halides is 1. The lowest BCUT2D eigenvalue weighted by Gasteiger charge is -2.44. The summed E-state index contributed by atoms with van der Waals surface area (Å²) in [4.78, 5) is 5.10. The van der Waals surface area contributed by atoms with Gasteiger partial charge in [0.15, 0.2) is 0 Å². The van der Waals surface area contributed by atoms with Gasteiger partial charge in [0.25, 0.3) is 0 Å². The summed E-state index contributed by atoms with van der Waals surface area (Å²) in [6, 6.07) is 11.0. The van der Waals surface area contributed by atoms with E-state index in [1.165, 1.54) is 37.9 Å². The molecule has 1 atom stereocenters. The monoisotopic (exact) mass is 372 g/mol. The van der Waals surface area contributed by atoms with Crippen molar-refractivity contribution in [2.75, 3.05) is 33.2 Å². The molecular formula is C16H25IN2. The van der Waals surface area contributed by atoms with Crippen molar-refractivity contribution in [1.82, 2.24) is 9.80 Å². The highest BCUT2D eigenvalue weighted by Crippen LogP contribution is 2.38. The van der Waals surface area contributed by atoms with E-state index >= 15 is 0 Å². The molecule has 2 rings (SSSR count). The van der Waals surface area contributed by atoms with E-state index in [0.717, 1.165) is 13.1 Å². The SMILES string of the molecule is CCN(C)CC(I)(c1ccccc1)N1CCCCC1. The first-order chi connectivity index (χ1) is 9.16. The van der Waals surface area contributed by atoms with Crippen LogP contribution in [-0.2, 0) is 3.55 Å². The van der Waals surface area contributed by atoms with E-state index in [2.05, 4.69) is 76.7 Å². The van der Waals surface area contributed by atoms with Crippen molar-refractivity contribution in [2.24, 2.45) is 0 Å². The van der Waals surface area contributed by atoms with Gasteiger partial charge in [0.1, 0.15) is 3.55 Å². The molecule has 1 saturated heterocycles. The lowest BCUT2D eigenvalue weighted by molar-refractivity contribution is 0.117. The van der Waals surface area contributed by atoms with Gasteiger partial charge in [-0.15, -0.1) is 0 Å². The number of piperidine rings is 1. The molecule has 0 aliphatic carbocycles. The summed E-state index contributed by atoms with van der Waals surface area (Å²) < 4.78 is 0.115. The van der Waals surface area contributed by atoms with Gasteiger partial charge in [-0.3, -0.25) is 4.90 Å². The Labute approximate surface area is 131 Å². The molecule has 1 aromatic rings.